The monoisotopic (exact) mass is 499 g/mol. The number of pyridine rings is 1. The average Bonchev–Trinajstić information content (AvgIpc) is 3.66. The second-order valence-corrected chi connectivity index (χ2v) is 8.56. The van der Waals surface area contributed by atoms with Crippen LogP contribution in [0.4, 0.5) is 5.69 Å². The van der Waals surface area contributed by atoms with E-state index in [2.05, 4.69) is 32.3 Å². The first-order chi connectivity index (χ1) is 18.1. The van der Waals surface area contributed by atoms with Gasteiger partial charge in [0.25, 0.3) is 5.91 Å². The maximum Gasteiger partial charge on any atom is 0.274 e. The van der Waals surface area contributed by atoms with Gasteiger partial charge < -0.3 is 19.5 Å². The van der Waals surface area contributed by atoms with Crippen LogP contribution < -0.4 is 10.1 Å². The summed E-state index contributed by atoms with van der Waals surface area (Å²) in [6.07, 6.45) is 7.99. The number of rotatable bonds is 7. The van der Waals surface area contributed by atoms with Gasteiger partial charge in [0, 0.05) is 18.7 Å². The number of ether oxygens (including phenoxy) is 1. The third kappa shape index (κ3) is 5.10. The zero-order valence-electron chi connectivity index (χ0n) is 20.2. The Kier molecular flexibility index (Phi) is 6.75. The van der Waals surface area contributed by atoms with E-state index in [4.69, 9.17) is 9.26 Å². The second kappa shape index (κ2) is 10.4. The van der Waals surface area contributed by atoms with Crippen molar-refractivity contribution in [2.24, 2.45) is 0 Å². The first-order valence-electron chi connectivity index (χ1n) is 11.8. The number of nitrogens with one attached hydrogen (secondary N) is 1. The van der Waals surface area contributed by atoms with Crippen LogP contribution in [-0.4, -0.2) is 62.0 Å². The van der Waals surface area contributed by atoms with Crippen LogP contribution in [0.3, 0.4) is 0 Å². The molecule has 2 amide bonds. The van der Waals surface area contributed by atoms with Crippen molar-refractivity contribution >= 4 is 17.5 Å². The zero-order chi connectivity index (χ0) is 25.8. The van der Waals surface area contributed by atoms with Crippen molar-refractivity contribution in [2.75, 3.05) is 25.5 Å². The molecular formula is C26H25N7O4. The van der Waals surface area contributed by atoms with Gasteiger partial charge in [-0.25, -0.2) is 9.67 Å². The Morgan fingerprint density at radius 3 is 2.89 bits per heavy atom. The quantitative estimate of drug-likeness (QED) is 0.382. The maximum absolute atomic E-state index is 12.9. The normalized spacial score (nSPS) is 15.3. The van der Waals surface area contributed by atoms with Gasteiger partial charge in [-0.05, 0) is 43.2 Å². The fraction of sp³-hybridized carbons (Fsp3) is 0.231. The topological polar surface area (TPSA) is 128 Å². The molecule has 1 atom stereocenters. The minimum absolute atomic E-state index is 0.0421. The highest BCUT2D eigenvalue weighted by atomic mass is 16.5. The molecule has 0 bridgehead atoms. The van der Waals surface area contributed by atoms with Crippen molar-refractivity contribution in [2.45, 2.75) is 18.9 Å². The average molecular weight is 500 g/mol. The predicted octanol–water partition coefficient (Wildman–Crippen LogP) is 3.61. The lowest BCUT2D eigenvalue weighted by Crippen LogP contribution is -2.40. The van der Waals surface area contributed by atoms with Gasteiger partial charge in [-0.3, -0.25) is 9.59 Å². The van der Waals surface area contributed by atoms with Gasteiger partial charge in [-0.2, -0.15) is 0 Å². The summed E-state index contributed by atoms with van der Waals surface area (Å²) >= 11 is 0. The molecule has 188 valence electrons. The van der Waals surface area contributed by atoms with Gasteiger partial charge in [0.15, 0.2) is 0 Å². The van der Waals surface area contributed by atoms with Crippen LogP contribution >= 0.6 is 0 Å². The summed E-state index contributed by atoms with van der Waals surface area (Å²) in [5, 5.41) is 15.2. The SMILES string of the molecule is C=CC(=O)N1CCC[C@H](n2cc(-c3ccc(NC(=O)c4cccc(-c5cnoc5)n4)c(OC)c3)nn2)C1. The highest BCUT2D eigenvalue weighted by Gasteiger charge is 2.25. The lowest BCUT2D eigenvalue weighted by molar-refractivity contribution is -0.127. The highest BCUT2D eigenvalue weighted by molar-refractivity contribution is 6.04. The molecule has 3 aromatic heterocycles. The Labute approximate surface area is 212 Å². The minimum Gasteiger partial charge on any atom is -0.495 e. The van der Waals surface area contributed by atoms with E-state index in [1.807, 2.05) is 12.3 Å². The Balaban J connectivity index is 1.32. The van der Waals surface area contributed by atoms with Crippen LogP contribution in [0.1, 0.15) is 29.4 Å². The van der Waals surface area contributed by atoms with Crippen molar-refractivity contribution in [3.63, 3.8) is 0 Å². The molecule has 1 aromatic carbocycles. The number of amides is 2. The summed E-state index contributed by atoms with van der Waals surface area (Å²) in [6, 6.07) is 10.6. The summed E-state index contributed by atoms with van der Waals surface area (Å²) in [5.74, 6) is 0.00931. The number of nitrogens with zero attached hydrogens (tertiary/aromatic N) is 6. The van der Waals surface area contributed by atoms with Gasteiger partial charge in [0.1, 0.15) is 23.4 Å². The summed E-state index contributed by atoms with van der Waals surface area (Å²) in [6.45, 7) is 4.86. The molecule has 4 aromatic rings. The number of anilines is 1. The third-order valence-corrected chi connectivity index (χ3v) is 6.22. The molecule has 0 spiro atoms. The predicted molar refractivity (Wildman–Crippen MR) is 135 cm³/mol. The summed E-state index contributed by atoms with van der Waals surface area (Å²) in [5.41, 5.74) is 3.43. The van der Waals surface area contributed by atoms with Gasteiger partial charge in [-0.1, -0.05) is 29.1 Å². The molecule has 0 aliphatic carbocycles. The largest absolute Gasteiger partial charge is 0.495 e. The standard InChI is InChI=1S/C26H25N7O4/c1-3-25(34)32-11-5-6-19(14-32)33-15-23(30-31-33)17-9-10-21(24(12-17)36-2)29-26(35)22-8-4-7-20(28-22)18-13-27-37-16-18/h3-4,7-10,12-13,15-16,19H,1,5-6,11,14H2,2H3,(H,29,35)/t19-/m0/s1. The van der Waals surface area contributed by atoms with Crippen molar-refractivity contribution in [1.29, 1.82) is 0 Å². The minimum atomic E-state index is -0.383. The number of carbonyl (C=O) groups is 2. The van der Waals surface area contributed by atoms with Gasteiger partial charge in [0.2, 0.25) is 5.91 Å². The molecule has 0 radical (unpaired) electrons. The van der Waals surface area contributed by atoms with Gasteiger partial charge in [-0.15, -0.1) is 5.10 Å². The molecule has 0 unspecified atom stereocenters. The van der Waals surface area contributed by atoms with Crippen molar-refractivity contribution in [3.05, 3.63) is 73.4 Å². The molecule has 0 saturated carbocycles. The molecule has 11 heteroatoms. The summed E-state index contributed by atoms with van der Waals surface area (Å²) in [4.78, 5) is 31.1. The first kappa shape index (κ1) is 23.9. The van der Waals surface area contributed by atoms with Crippen LogP contribution in [0.5, 0.6) is 5.75 Å². The molecule has 1 aliphatic rings. The number of hydrogen-bond donors (Lipinski definition) is 1. The third-order valence-electron chi connectivity index (χ3n) is 6.22. The van der Waals surface area contributed by atoms with E-state index in [9.17, 15) is 9.59 Å². The molecule has 5 rings (SSSR count). The number of carbonyl (C=O) groups excluding carboxylic acids is 2. The molecule has 1 aliphatic heterocycles. The van der Waals surface area contributed by atoms with E-state index in [1.54, 1.807) is 39.9 Å². The fourth-order valence-corrected chi connectivity index (χ4v) is 4.28. The van der Waals surface area contributed by atoms with E-state index < -0.39 is 0 Å². The van der Waals surface area contributed by atoms with E-state index in [0.717, 1.165) is 18.4 Å². The zero-order valence-corrected chi connectivity index (χ0v) is 20.2. The number of aromatic nitrogens is 5. The maximum atomic E-state index is 12.9. The lowest BCUT2D eigenvalue weighted by Gasteiger charge is -2.31. The van der Waals surface area contributed by atoms with Gasteiger partial charge in [0.05, 0.1) is 42.5 Å². The van der Waals surface area contributed by atoms with Crippen molar-refractivity contribution in [1.82, 2.24) is 30.0 Å². The number of methoxy groups -OCH3 is 1. The van der Waals surface area contributed by atoms with Crippen LogP contribution in [0.2, 0.25) is 0 Å². The van der Waals surface area contributed by atoms with E-state index in [0.29, 0.717) is 41.5 Å². The van der Waals surface area contributed by atoms with Crippen LogP contribution in [0, 0.1) is 0 Å². The molecule has 4 heterocycles. The fourth-order valence-electron chi connectivity index (χ4n) is 4.28. The van der Waals surface area contributed by atoms with E-state index >= 15 is 0 Å². The molecule has 1 fully saturated rings. The lowest BCUT2D eigenvalue weighted by atomic mass is 10.1. The molecular weight excluding hydrogens is 474 g/mol. The first-order valence-corrected chi connectivity index (χ1v) is 11.8. The Morgan fingerprint density at radius 1 is 1.22 bits per heavy atom. The Morgan fingerprint density at radius 2 is 2.11 bits per heavy atom. The van der Waals surface area contributed by atoms with Crippen molar-refractivity contribution in [3.8, 4) is 28.3 Å². The Bertz CT molecular complexity index is 1430. The smallest absolute Gasteiger partial charge is 0.274 e. The van der Waals surface area contributed by atoms with Crippen LogP contribution in [0.25, 0.3) is 22.5 Å². The number of benzene rings is 1. The number of piperidine rings is 1. The number of hydrogen-bond acceptors (Lipinski definition) is 8. The van der Waals surface area contributed by atoms with Gasteiger partial charge >= 0.3 is 0 Å². The Hall–Kier alpha value is -4.80. The summed E-state index contributed by atoms with van der Waals surface area (Å²) < 4.78 is 12.2. The van der Waals surface area contributed by atoms with Crippen LogP contribution in [0.15, 0.2) is 72.2 Å². The number of likely N-dealkylation sites (tertiary alicyclic amines) is 1. The molecule has 11 nitrogen and oxygen atoms in total. The second-order valence-electron chi connectivity index (χ2n) is 8.56. The van der Waals surface area contributed by atoms with Crippen LogP contribution in [-0.2, 0) is 4.79 Å². The molecule has 1 N–H and O–H groups in total. The highest BCUT2D eigenvalue weighted by Crippen LogP contribution is 2.31. The van der Waals surface area contributed by atoms with E-state index in [-0.39, 0.29) is 23.6 Å². The summed E-state index contributed by atoms with van der Waals surface area (Å²) in [7, 11) is 1.53. The molecule has 37 heavy (non-hydrogen) atoms. The van der Waals surface area contributed by atoms with E-state index in [1.165, 1.54) is 25.6 Å². The molecule has 1 saturated heterocycles. The van der Waals surface area contributed by atoms with Crippen molar-refractivity contribution < 1.29 is 18.8 Å².